The van der Waals surface area contributed by atoms with E-state index in [-0.39, 0.29) is 10.9 Å². The van der Waals surface area contributed by atoms with E-state index in [9.17, 15) is 26.7 Å². The molecule has 0 radical (unpaired) electrons. The zero-order valence-electron chi connectivity index (χ0n) is 20.1. The van der Waals surface area contributed by atoms with Crippen molar-refractivity contribution in [3.63, 3.8) is 0 Å². The van der Waals surface area contributed by atoms with Crippen molar-refractivity contribution >= 4 is 15.7 Å². The number of nitrogens with zero attached hydrogens (tertiary/aromatic N) is 2. The van der Waals surface area contributed by atoms with Crippen LogP contribution < -0.4 is 5.32 Å². The van der Waals surface area contributed by atoms with Gasteiger partial charge in [-0.1, -0.05) is 12.1 Å². The molecule has 2 aliphatic rings. The SMILES string of the molecule is O=S(=O)(c1ccc(-c2ccnc(C3(O)CCC3)c2)cc1)[C@H]1CC[C@H](Nc2ccc(C(F)(F)F)cn2)CC1. The van der Waals surface area contributed by atoms with Crippen LogP contribution in [0.1, 0.15) is 56.2 Å². The number of hydrogen-bond acceptors (Lipinski definition) is 6. The molecule has 0 spiro atoms. The van der Waals surface area contributed by atoms with E-state index in [2.05, 4.69) is 15.3 Å². The number of nitrogens with one attached hydrogen (secondary N) is 1. The summed E-state index contributed by atoms with van der Waals surface area (Å²) in [5, 5.41) is 13.2. The summed E-state index contributed by atoms with van der Waals surface area (Å²) >= 11 is 0. The molecule has 0 unspecified atom stereocenters. The van der Waals surface area contributed by atoms with Gasteiger partial charge >= 0.3 is 6.18 Å². The molecule has 2 aromatic heterocycles. The molecule has 0 amide bonds. The molecule has 2 N–H and O–H groups in total. The Labute approximate surface area is 213 Å². The molecule has 10 heteroatoms. The van der Waals surface area contributed by atoms with Gasteiger partial charge in [0.25, 0.3) is 0 Å². The maximum atomic E-state index is 13.3. The Morgan fingerprint density at radius 1 is 0.919 bits per heavy atom. The largest absolute Gasteiger partial charge is 0.417 e. The van der Waals surface area contributed by atoms with Gasteiger partial charge in [0, 0.05) is 18.4 Å². The number of halogens is 3. The molecule has 0 aliphatic heterocycles. The normalized spacial score (nSPS) is 21.7. The summed E-state index contributed by atoms with van der Waals surface area (Å²) in [6, 6.07) is 12.7. The van der Waals surface area contributed by atoms with Gasteiger partial charge in [-0.3, -0.25) is 4.98 Å². The number of rotatable bonds is 6. The minimum absolute atomic E-state index is 0.0514. The third-order valence-electron chi connectivity index (χ3n) is 7.49. The third-order valence-corrected chi connectivity index (χ3v) is 9.77. The van der Waals surface area contributed by atoms with Gasteiger partial charge < -0.3 is 10.4 Å². The molecule has 0 bridgehead atoms. The molecule has 2 aliphatic carbocycles. The summed E-state index contributed by atoms with van der Waals surface area (Å²) in [7, 11) is -3.53. The summed E-state index contributed by atoms with van der Waals surface area (Å²) in [4.78, 5) is 8.44. The van der Waals surface area contributed by atoms with E-state index in [1.165, 1.54) is 6.07 Å². The third kappa shape index (κ3) is 5.36. The lowest BCUT2D eigenvalue weighted by molar-refractivity contribution is -0.137. The zero-order valence-corrected chi connectivity index (χ0v) is 20.9. The molecule has 1 aromatic carbocycles. The molecular weight excluding hydrogens is 503 g/mol. The summed E-state index contributed by atoms with van der Waals surface area (Å²) in [5.74, 6) is 0.346. The Kier molecular flexibility index (Phi) is 6.74. The predicted molar refractivity (Wildman–Crippen MR) is 134 cm³/mol. The second kappa shape index (κ2) is 9.72. The maximum absolute atomic E-state index is 13.3. The number of aliphatic hydroxyl groups is 1. The molecule has 2 saturated carbocycles. The van der Waals surface area contributed by atoms with Crippen LogP contribution in [0, 0.1) is 0 Å². The zero-order chi connectivity index (χ0) is 26.3. The molecule has 0 saturated heterocycles. The van der Waals surface area contributed by atoms with Crippen molar-refractivity contribution in [1.82, 2.24) is 9.97 Å². The predicted octanol–water partition coefficient (Wildman–Crippen LogP) is 5.73. The Morgan fingerprint density at radius 3 is 2.19 bits per heavy atom. The molecule has 6 nitrogen and oxygen atoms in total. The van der Waals surface area contributed by atoms with Gasteiger partial charge in [-0.15, -0.1) is 0 Å². The molecule has 5 rings (SSSR count). The number of pyridine rings is 2. The van der Waals surface area contributed by atoms with E-state index < -0.39 is 32.4 Å². The highest BCUT2D eigenvalue weighted by molar-refractivity contribution is 7.92. The van der Waals surface area contributed by atoms with Crippen molar-refractivity contribution < 1.29 is 26.7 Å². The molecule has 37 heavy (non-hydrogen) atoms. The van der Waals surface area contributed by atoms with E-state index in [1.54, 1.807) is 30.5 Å². The molecule has 2 fully saturated rings. The molecule has 2 heterocycles. The van der Waals surface area contributed by atoms with Crippen molar-refractivity contribution in [1.29, 1.82) is 0 Å². The lowest BCUT2D eigenvalue weighted by Gasteiger charge is -2.36. The first-order valence-corrected chi connectivity index (χ1v) is 13.9. The fourth-order valence-electron chi connectivity index (χ4n) is 5.04. The van der Waals surface area contributed by atoms with Crippen molar-refractivity contribution in [3.8, 4) is 11.1 Å². The number of anilines is 1. The first-order chi connectivity index (χ1) is 17.5. The minimum atomic E-state index is -4.43. The first kappa shape index (κ1) is 25.7. The monoisotopic (exact) mass is 531 g/mol. The number of aromatic nitrogens is 2. The van der Waals surface area contributed by atoms with Crippen LogP contribution in [0.2, 0.25) is 0 Å². The first-order valence-electron chi connectivity index (χ1n) is 12.4. The Hall–Kier alpha value is -2.98. The van der Waals surface area contributed by atoms with Crippen LogP contribution in [0.3, 0.4) is 0 Å². The van der Waals surface area contributed by atoms with Gasteiger partial charge in [0.05, 0.1) is 21.4 Å². The van der Waals surface area contributed by atoms with Crippen LogP contribution in [0.4, 0.5) is 19.0 Å². The van der Waals surface area contributed by atoms with Crippen molar-refractivity contribution in [2.75, 3.05) is 5.32 Å². The lowest BCUT2D eigenvalue weighted by Crippen LogP contribution is -2.34. The number of sulfone groups is 1. The molecule has 0 atom stereocenters. The smallest absolute Gasteiger partial charge is 0.384 e. The van der Waals surface area contributed by atoms with Gasteiger partial charge in [0.2, 0.25) is 0 Å². The number of alkyl halides is 3. The summed E-state index contributed by atoms with van der Waals surface area (Å²) < 4.78 is 64.7. The highest BCUT2D eigenvalue weighted by atomic mass is 32.2. The Morgan fingerprint density at radius 2 is 1.62 bits per heavy atom. The maximum Gasteiger partial charge on any atom is 0.417 e. The van der Waals surface area contributed by atoms with Crippen LogP contribution >= 0.6 is 0 Å². The van der Waals surface area contributed by atoms with E-state index >= 15 is 0 Å². The summed E-state index contributed by atoms with van der Waals surface area (Å²) in [5.41, 5.74) is 0.694. The van der Waals surface area contributed by atoms with Crippen LogP contribution in [0.25, 0.3) is 11.1 Å². The molecule has 196 valence electrons. The fourth-order valence-corrected chi connectivity index (χ4v) is 6.83. The summed E-state index contributed by atoms with van der Waals surface area (Å²) in [6.45, 7) is 0. The highest BCUT2D eigenvalue weighted by Crippen LogP contribution is 2.41. The minimum Gasteiger partial charge on any atom is -0.384 e. The second-order valence-electron chi connectivity index (χ2n) is 9.93. The average Bonchev–Trinajstić information content (AvgIpc) is 2.87. The molecular formula is C27H28F3N3O3S. The lowest BCUT2D eigenvalue weighted by atomic mass is 9.77. The number of hydrogen-bond donors (Lipinski definition) is 2. The van der Waals surface area contributed by atoms with E-state index in [1.807, 2.05) is 12.1 Å². The van der Waals surface area contributed by atoms with Crippen molar-refractivity contribution in [3.05, 3.63) is 72.2 Å². The molecule has 3 aromatic rings. The highest BCUT2D eigenvalue weighted by Gasteiger charge is 2.38. The Balaban J connectivity index is 1.21. The van der Waals surface area contributed by atoms with Crippen molar-refractivity contribution in [2.45, 2.75) is 72.9 Å². The van der Waals surface area contributed by atoms with E-state index in [4.69, 9.17) is 0 Å². The van der Waals surface area contributed by atoms with Gasteiger partial charge in [0.1, 0.15) is 11.4 Å². The van der Waals surface area contributed by atoms with Gasteiger partial charge in [-0.2, -0.15) is 13.2 Å². The van der Waals surface area contributed by atoms with E-state index in [0.29, 0.717) is 50.0 Å². The quantitative estimate of drug-likeness (QED) is 0.422. The van der Waals surface area contributed by atoms with Gasteiger partial charge in [-0.05, 0) is 92.5 Å². The van der Waals surface area contributed by atoms with E-state index in [0.717, 1.165) is 29.8 Å². The number of benzene rings is 1. The standard InChI is InChI=1S/C27H28F3N3O3S/c28-27(29,30)20-4-11-25(32-17-20)33-21-5-9-23(10-6-21)37(35,36)22-7-2-18(3-8-22)19-12-15-31-24(16-19)26(34)13-1-14-26/h2-4,7-8,11-12,15-17,21,23,34H,1,5-6,9-10,13-14H2,(H,32,33)/t21-,23-. The fraction of sp³-hybridized carbons (Fsp3) is 0.407. The van der Waals surface area contributed by atoms with Gasteiger partial charge in [-0.25, -0.2) is 13.4 Å². The second-order valence-corrected chi connectivity index (χ2v) is 12.2. The van der Waals surface area contributed by atoms with Gasteiger partial charge in [0.15, 0.2) is 9.84 Å². The van der Waals surface area contributed by atoms with Crippen molar-refractivity contribution in [2.24, 2.45) is 0 Å². The summed E-state index contributed by atoms with van der Waals surface area (Å²) in [6.07, 6.45) is 2.44. The van der Waals surface area contributed by atoms with Crippen LogP contribution in [0.15, 0.2) is 65.8 Å². The topological polar surface area (TPSA) is 92.2 Å². The van der Waals surface area contributed by atoms with Crippen LogP contribution in [-0.4, -0.2) is 34.8 Å². The van der Waals surface area contributed by atoms with Crippen LogP contribution in [-0.2, 0) is 21.6 Å². The van der Waals surface area contributed by atoms with Crippen LogP contribution in [0.5, 0.6) is 0 Å². The Bertz CT molecular complexity index is 1350. The average molecular weight is 532 g/mol.